The Morgan fingerprint density at radius 3 is 1.33 bits per heavy atom. The lowest BCUT2D eigenvalue weighted by atomic mass is 10.0. The van der Waals surface area contributed by atoms with Crippen molar-refractivity contribution in [1.82, 2.24) is 0 Å². The van der Waals surface area contributed by atoms with Gasteiger partial charge >= 0.3 is 25.7 Å². The zero-order valence-corrected chi connectivity index (χ0v) is 40.8. The highest BCUT2D eigenvalue weighted by atomic mass is 31.2. The topological polar surface area (TPSA) is 172 Å². The normalized spacial score (nSPS) is 14.0. The van der Waals surface area contributed by atoms with Crippen molar-refractivity contribution in [2.24, 2.45) is 5.73 Å². The maximum Gasteiger partial charge on any atom is 0.472 e. The summed E-state index contributed by atoms with van der Waals surface area (Å²) in [4.78, 5) is 46.2. The van der Waals surface area contributed by atoms with Crippen LogP contribution in [0.1, 0.15) is 226 Å². The maximum atomic E-state index is 12.7. The molecule has 0 rings (SSSR count). The van der Waals surface area contributed by atoms with Crippen molar-refractivity contribution >= 4 is 25.7 Å². The monoisotopic (exact) mass is 910 g/mol. The molecule has 0 aromatic carbocycles. The van der Waals surface area contributed by atoms with Crippen LogP contribution < -0.4 is 5.73 Å². The van der Waals surface area contributed by atoms with Crippen molar-refractivity contribution in [3.63, 3.8) is 0 Å². The van der Waals surface area contributed by atoms with Gasteiger partial charge in [-0.15, -0.1) is 0 Å². The van der Waals surface area contributed by atoms with Crippen LogP contribution in [0.2, 0.25) is 0 Å². The lowest BCUT2D eigenvalue weighted by Gasteiger charge is -2.20. The van der Waals surface area contributed by atoms with E-state index in [4.69, 9.17) is 24.8 Å². The number of aliphatic carboxylic acids is 1. The molecule has 0 amide bonds. The largest absolute Gasteiger partial charge is 0.480 e. The fourth-order valence-corrected chi connectivity index (χ4v) is 7.72. The molecule has 0 spiro atoms. The Bertz CT molecular complexity index is 1250. The molecule has 0 saturated carbocycles. The summed E-state index contributed by atoms with van der Waals surface area (Å²) < 4.78 is 32.8. The van der Waals surface area contributed by atoms with E-state index in [-0.39, 0.29) is 19.4 Å². The summed E-state index contributed by atoms with van der Waals surface area (Å²) in [5.74, 6) is -2.38. The first kappa shape index (κ1) is 60.4. The highest BCUT2D eigenvalue weighted by Crippen LogP contribution is 2.43. The molecule has 3 atom stereocenters. The minimum atomic E-state index is -4.72. The summed E-state index contributed by atoms with van der Waals surface area (Å²) in [7, 11) is -4.72. The molecule has 4 N–H and O–H groups in total. The van der Waals surface area contributed by atoms with Gasteiger partial charge in [0.15, 0.2) is 6.10 Å². The van der Waals surface area contributed by atoms with E-state index in [9.17, 15) is 23.8 Å². The molecule has 0 radical (unpaired) electrons. The number of rotatable bonds is 47. The zero-order valence-electron chi connectivity index (χ0n) is 39.9. The summed E-state index contributed by atoms with van der Waals surface area (Å²) in [5, 5.41) is 8.92. The first-order valence-corrected chi connectivity index (χ1v) is 26.7. The van der Waals surface area contributed by atoms with Gasteiger partial charge in [-0.1, -0.05) is 210 Å². The third-order valence-corrected chi connectivity index (χ3v) is 11.8. The lowest BCUT2D eigenvalue weighted by molar-refractivity contribution is -0.161. The molecule has 0 aromatic rings. The van der Waals surface area contributed by atoms with Gasteiger partial charge in [0.1, 0.15) is 12.6 Å². The molecular formula is C51H92NO10P. The van der Waals surface area contributed by atoms with Crippen molar-refractivity contribution in [2.45, 2.75) is 238 Å². The average molecular weight is 910 g/mol. The molecule has 0 aliphatic heterocycles. The molecule has 63 heavy (non-hydrogen) atoms. The second-order valence-electron chi connectivity index (χ2n) is 16.9. The van der Waals surface area contributed by atoms with E-state index in [0.29, 0.717) is 12.8 Å². The number of esters is 2. The Hall–Kier alpha value is -2.56. The minimum absolute atomic E-state index is 0.152. The Labute approximate surface area is 384 Å². The van der Waals surface area contributed by atoms with Crippen LogP contribution in [0.5, 0.6) is 0 Å². The van der Waals surface area contributed by atoms with Crippen LogP contribution in [0.15, 0.2) is 48.6 Å². The van der Waals surface area contributed by atoms with Crippen molar-refractivity contribution in [1.29, 1.82) is 0 Å². The first-order valence-electron chi connectivity index (χ1n) is 25.2. The molecule has 0 fully saturated rings. The molecule has 12 heteroatoms. The number of phosphoric acid groups is 1. The second-order valence-corrected chi connectivity index (χ2v) is 18.4. The number of carboxylic acids is 1. The number of carboxylic acid groups (broad SMARTS) is 1. The van der Waals surface area contributed by atoms with Gasteiger partial charge in [-0.3, -0.25) is 23.4 Å². The first-order chi connectivity index (χ1) is 30.6. The van der Waals surface area contributed by atoms with Crippen LogP contribution in [0.4, 0.5) is 0 Å². The van der Waals surface area contributed by atoms with Crippen LogP contribution in [0.3, 0.4) is 0 Å². The lowest BCUT2D eigenvalue weighted by Crippen LogP contribution is -2.34. The number of nitrogens with two attached hydrogens (primary N) is 1. The highest BCUT2D eigenvalue weighted by molar-refractivity contribution is 7.47. The van der Waals surface area contributed by atoms with Gasteiger partial charge in [0.2, 0.25) is 0 Å². The molecule has 0 aromatic heterocycles. The average Bonchev–Trinajstić information content (AvgIpc) is 3.26. The smallest absolute Gasteiger partial charge is 0.472 e. The Kier molecular flexibility index (Phi) is 44.1. The summed E-state index contributed by atoms with van der Waals surface area (Å²) in [6.07, 6.45) is 53.1. The van der Waals surface area contributed by atoms with Crippen LogP contribution in [0, 0.1) is 0 Å². The Morgan fingerprint density at radius 1 is 0.508 bits per heavy atom. The molecule has 3 unspecified atom stereocenters. The number of carbonyl (C=O) groups is 3. The summed E-state index contributed by atoms with van der Waals surface area (Å²) in [6.45, 7) is 2.72. The quantitative estimate of drug-likeness (QED) is 0.0230. The fraction of sp³-hybridized carbons (Fsp3) is 0.784. The van der Waals surface area contributed by atoms with Gasteiger partial charge in [-0.25, -0.2) is 4.57 Å². The molecule has 0 aliphatic rings. The van der Waals surface area contributed by atoms with E-state index in [1.807, 2.05) is 0 Å². The predicted octanol–water partition coefficient (Wildman–Crippen LogP) is 14.1. The van der Waals surface area contributed by atoms with Crippen LogP contribution in [0.25, 0.3) is 0 Å². The van der Waals surface area contributed by atoms with E-state index in [1.165, 1.54) is 109 Å². The molecule has 11 nitrogen and oxygen atoms in total. The summed E-state index contributed by atoms with van der Waals surface area (Å²) >= 11 is 0. The third kappa shape index (κ3) is 45.8. The number of allylic oxidation sites excluding steroid dienone is 8. The number of unbranched alkanes of at least 4 members (excludes halogenated alkanes) is 25. The SMILES string of the molecule is CC/C=C\C/C=C\C/C=C\C/C=C\CCCCCCCCCCC(=O)OC(COC(=O)CCCCCCCCCCCCCCCCCCCC)COP(=O)(O)OCC(N)C(=O)O. The number of hydrogen-bond acceptors (Lipinski definition) is 9. The van der Waals surface area contributed by atoms with Gasteiger partial charge in [-0.2, -0.15) is 0 Å². The highest BCUT2D eigenvalue weighted by Gasteiger charge is 2.28. The van der Waals surface area contributed by atoms with Crippen LogP contribution in [-0.4, -0.2) is 59.9 Å². The van der Waals surface area contributed by atoms with Crippen molar-refractivity contribution < 1.29 is 47.5 Å². The molecule has 0 heterocycles. The molecule has 0 aliphatic carbocycles. The maximum absolute atomic E-state index is 12.7. The van der Waals surface area contributed by atoms with Gasteiger partial charge in [0, 0.05) is 12.8 Å². The van der Waals surface area contributed by atoms with E-state index in [2.05, 4.69) is 67.0 Å². The number of phosphoric ester groups is 1. The standard InChI is InChI=1S/C51H92NO10P/c1-3-5-7-9-11-13-15-17-19-21-23-24-25-27-29-31-33-35-37-39-41-43-50(54)62-47(45-60-63(57,58)61-46-48(52)51(55)56)44-59-49(53)42-40-38-36-34-32-30-28-26-22-20-18-16-14-12-10-8-6-4-2/h5,7,11,13,17,19,23-24,47-48H,3-4,6,8-10,12,14-16,18,20-22,25-46,52H2,1-2H3,(H,55,56)(H,57,58)/b7-5-,13-11-,19-17-,24-23-. The van der Waals surface area contributed by atoms with Crippen molar-refractivity contribution in [2.75, 3.05) is 19.8 Å². The zero-order chi connectivity index (χ0) is 46.3. The van der Waals surface area contributed by atoms with Crippen molar-refractivity contribution in [3.05, 3.63) is 48.6 Å². The van der Waals surface area contributed by atoms with E-state index in [0.717, 1.165) is 77.0 Å². The summed E-state index contributed by atoms with van der Waals surface area (Å²) in [6, 6.07) is -1.52. The number of ether oxygens (including phenoxy) is 2. The number of carbonyl (C=O) groups excluding carboxylic acids is 2. The predicted molar refractivity (Wildman–Crippen MR) is 258 cm³/mol. The van der Waals surface area contributed by atoms with Gasteiger partial charge in [0.05, 0.1) is 13.2 Å². The van der Waals surface area contributed by atoms with Gasteiger partial charge < -0.3 is 25.2 Å². The van der Waals surface area contributed by atoms with Crippen molar-refractivity contribution in [3.8, 4) is 0 Å². The minimum Gasteiger partial charge on any atom is -0.480 e. The molecule has 366 valence electrons. The van der Waals surface area contributed by atoms with E-state index < -0.39 is 51.1 Å². The van der Waals surface area contributed by atoms with Gasteiger partial charge in [-0.05, 0) is 51.4 Å². The van der Waals surface area contributed by atoms with Gasteiger partial charge in [0.25, 0.3) is 0 Å². The van der Waals surface area contributed by atoms with Crippen LogP contribution in [-0.2, 0) is 37.5 Å². The fourth-order valence-electron chi connectivity index (χ4n) is 6.94. The second kappa shape index (κ2) is 46.0. The third-order valence-electron chi connectivity index (χ3n) is 10.8. The molecule has 0 saturated heterocycles. The Balaban J connectivity index is 4.26. The molecule has 0 bridgehead atoms. The Morgan fingerprint density at radius 2 is 0.889 bits per heavy atom. The van der Waals surface area contributed by atoms with Crippen LogP contribution >= 0.6 is 7.82 Å². The van der Waals surface area contributed by atoms with E-state index in [1.54, 1.807) is 0 Å². The van der Waals surface area contributed by atoms with E-state index >= 15 is 0 Å². The molecular weight excluding hydrogens is 818 g/mol. The number of hydrogen-bond donors (Lipinski definition) is 3. The summed E-state index contributed by atoms with van der Waals surface area (Å²) in [5.41, 5.74) is 5.35.